The zero-order valence-corrected chi connectivity index (χ0v) is 18.9. The summed E-state index contributed by atoms with van der Waals surface area (Å²) >= 11 is 2.79. The molecule has 0 radical (unpaired) electrons. The van der Waals surface area contributed by atoms with E-state index in [1.807, 2.05) is 27.7 Å². The molecule has 0 aliphatic carbocycles. The van der Waals surface area contributed by atoms with E-state index in [4.69, 9.17) is 4.74 Å². The van der Waals surface area contributed by atoms with Gasteiger partial charge in [-0.2, -0.15) is 0 Å². The van der Waals surface area contributed by atoms with Crippen LogP contribution >= 0.6 is 22.7 Å². The number of aryl methyl sites for hydroxylation is 4. The van der Waals surface area contributed by atoms with E-state index in [0.29, 0.717) is 26.6 Å². The molecule has 3 rings (SSSR count). The highest BCUT2D eigenvalue weighted by Gasteiger charge is 2.23. The summed E-state index contributed by atoms with van der Waals surface area (Å²) in [6.45, 7) is 11.1. The number of rotatable bonds is 5. The van der Waals surface area contributed by atoms with Crippen molar-refractivity contribution in [2.24, 2.45) is 0 Å². The molecule has 9 heteroatoms. The Bertz CT molecular complexity index is 1190. The Balaban J connectivity index is 1.93. The summed E-state index contributed by atoms with van der Waals surface area (Å²) in [5, 5.41) is 3.77. The van der Waals surface area contributed by atoms with Crippen LogP contribution < -0.4 is 10.9 Å². The highest BCUT2D eigenvalue weighted by Crippen LogP contribution is 2.33. The summed E-state index contributed by atoms with van der Waals surface area (Å²) < 4.78 is 6.49. The van der Waals surface area contributed by atoms with Crippen molar-refractivity contribution < 1.29 is 14.3 Å². The lowest BCUT2D eigenvalue weighted by Crippen LogP contribution is -2.30. The first-order valence-corrected chi connectivity index (χ1v) is 10.8. The summed E-state index contributed by atoms with van der Waals surface area (Å²) in [5.74, 6) is -0.388. The average molecular weight is 434 g/mol. The Morgan fingerprint density at radius 1 is 1.07 bits per heavy atom. The van der Waals surface area contributed by atoms with Gasteiger partial charge in [0.1, 0.15) is 22.2 Å². The van der Waals surface area contributed by atoms with Gasteiger partial charge in [0.05, 0.1) is 17.6 Å². The van der Waals surface area contributed by atoms with Crippen LogP contribution in [0.1, 0.15) is 44.0 Å². The summed E-state index contributed by atoms with van der Waals surface area (Å²) in [6.07, 6.45) is 0. The number of anilines is 1. The molecule has 154 valence electrons. The maximum atomic E-state index is 13.0. The van der Waals surface area contributed by atoms with Crippen molar-refractivity contribution in [3.8, 4) is 0 Å². The lowest BCUT2D eigenvalue weighted by atomic mass is 10.1. The quantitative estimate of drug-likeness (QED) is 0.617. The van der Waals surface area contributed by atoms with E-state index >= 15 is 0 Å². The maximum absolute atomic E-state index is 13.0. The number of ether oxygens (including phenoxy) is 1. The Morgan fingerprint density at radius 2 is 1.72 bits per heavy atom. The number of aromatic nitrogens is 2. The van der Waals surface area contributed by atoms with Crippen LogP contribution in [0.4, 0.5) is 5.00 Å². The fourth-order valence-electron chi connectivity index (χ4n) is 3.09. The molecule has 7 nitrogen and oxygen atoms in total. The van der Waals surface area contributed by atoms with E-state index in [9.17, 15) is 14.4 Å². The van der Waals surface area contributed by atoms with E-state index in [0.717, 1.165) is 20.9 Å². The Kier molecular flexibility index (Phi) is 5.90. The predicted molar refractivity (Wildman–Crippen MR) is 116 cm³/mol. The summed E-state index contributed by atoms with van der Waals surface area (Å²) in [5.41, 5.74) is 1.81. The summed E-state index contributed by atoms with van der Waals surface area (Å²) in [4.78, 5) is 45.1. The smallest absolute Gasteiger partial charge is 0.341 e. The van der Waals surface area contributed by atoms with Crippen LogP contribution in [0, 0.1) is 34.6 Å². The first-order chi connectivity index (χ1) is 13.6. The fraction of sp³-hybridized carbons (Fsp3) is 0.400. The number of nitrogens with one attached hydrogen (secondary N) is 1. The van der Waals surface area contributed by atoms with Crippen molar-refractivity contribution in [3.05, 3.63) is 42.6 Å². The molecule has 3 aromatic heterocycles. The molecular weight excluding hydrogens is 410 g/mol. The minimum absolute atomic E-state index is 0.180. The van der Waals surface area contributed by atoms with Crippen molar-refractivity contribution in [2.45, 2.75) is 48.1 Å². The predicted octanol–water partition coefficient (Wildman–Crippen LogP) is 3.88. The van der Waals surface area contributed by atoms with Gasteiger partial charge >= 0.3 is 5.97 Å². The SMILES string of the molecule is CCOC(=O)c1c(NC(=O)Cn2c(C)nc3sc(C)c(C)c3c2=O)sc(C)c1C. The Hall–Kier alpha value is -2.52. The lowest BCUT2D eigenvalue weighted by molar-refractivity contribution is -0.116. The van der Waals surface area contributed by atoms with Crippen LogP contribution in [0.15, 0.2) is 4.79 Å². The second kappa shape index (κ2) is 8.08. The molecule has 0 aromatic carbocycles. The number of carbonyl (C=O) groups excluding carboxylic acids is 2. The van der Waals surface area contributed by atoms with Gasteiger partial charge in [-0.05, 0) is 52.7 Å². The molecule has 0 bridgehead atoms. The van der Waals surface area contributed by atoms with Crippen LogP contribution in [0.3, 0.4) is 0 Å². The first kappa shape index (κ1) is 21.2. The monoisotopic (exact) mass is 433 g/mol. The molecule has 0 fully saturated rings. The third kappa shape index (κ3) is 3.84. The number of thiophene rings is 2. The highest BCUT2D eigenvalue weighted by molar-refractivity contribution is 7.18. The Labute approximate surface area is 176 Å². The van der Waals surface area contributed by atoms with Crippen molar-refractivity contribution in [1.29, 1.82) is 0 Å². The van der Waals surface area contributed by atoms with E-state index in [1.54, 1.807) is 13.8 Å². The van der Waals surface area contributed by atoms with Gasteiger partial charge in [-0.1, -0.05) is 0 Å². The molecule has 0 saturated heterocycles. The number of carbonyl (C=O) groups is 2. The van der Waals surface area contributed by atoms with E-state index in [1.165, 1.54) is 27.2 Å². The third-order valence-electron chi connectivity index (χ3n) is 4.90. The molecule has 0 saturated carbocycles. The normalized spacial score (nSPS) is 11.1. The number of nitrogens with zero attached hydrogens (tertiary/aromatic N) is 2. The van der Waals surface area contributed by atoms with Gasteiger partial charge in [-0.3, -0.25) is 14.2 Å². The van der Waals surface area contributed by atoms with Gasteiger partial charge in [0.15, 0.2) is 0 Å². The second-order valence-electron chi connectivity index (χ2n) is 6.77. The lowest BCUT2D eigenvalue weighted by Gasteiger charge is -2.11. The van der Waals surface area contributed by atoms with E-state index in [2.05, 4.69) is 10.3 Å². The third-order valence-corrected chi connectivity index (χ3v) is 7.12. The summed E-state index contributed by atoms with van der Waals surface area (Å²) in [6, 6.07) is 0. The molecule has 3 aromatic rings. The average Bonchev–Trinajstić information content (AvgIpc) is 3.07. The van der Waals surface area contributed by atoms with Crippen molar-refractivity contribution in [2.75, 3.05) is 11.9 Å². The zero-order chi connectivity index (χ0) is 21.5. The molecule has 3 heterocycles. The number of amides is 1. The van der Waals surface area contributed by atoms with Gasteiger partial charge in [-0.15, -0.1) is 22.7 Å². The molecule has 1 amide bonds. The van der Waals surface area contributed by atoms with Crippen molar-refractivity contribution in [3.63, 3.8) is 0 Å². The molecule has 0 atom stereocenters. The highest BCUT2D eigenvalue weighted by atomic mass is 32.1. The number of hydrogen-bond acceptors (Lipinski definition) is 7. The van der Waals surface area contributed by atoms with Crippen LogP contribution in [0.2, 0.25) is 0 Å². The fourth-order valence-corrected chi connectivity index (χ4v) is 5.22. The largest absolute Gasteiger partial charge is 0.462 e. The maximum Gasteiger partial charge on any atom is 0.341 e. The molecule has 1 N–H and O–H groups in total. The zero-order valence-electron chi connectivity index (χ0n) is 17.3. The number of esters is 1. The molecule has 0 spiro atoms. The topological polar surface area (TPSA) is 90.3 Å². The van der Waals surface area contributed by atoms with Gasteiger partial charge < -0.3 is 10.1 Å². The van der Waals surface area contributed by atoms with Crippen molar-refractivity contribution >= 4 is 49.8 Å². The standard InChI is InChI=1S/C20H23N3O4S2/c1-7-27-20(26)16-10(3)12(5)29-18(16)22-14(24)8-23-13(6)21-17-15(19(23)25)9(2)11(4)28-17/h7-8H2,1-6H3,(H,22,24). The summed E-state index contributed by atoms with van der Waals surface area (Å²) in [7, 11) is 0. The number of fused-ring (bicyclic) bond motifs is 1. The van der Waals surface area contributed by atoms with Gasteiger partial charge in [-0.25, -0.2) is 9.78 Å². The van der Waals surface area contributed by atoms with Crippen LogP contribution in [0.5, 0.6) is 0 Å². The van der Waals surface area contributed by atoms with Crippen molar-refractivity contribution in [1.82, 2.24) is 9.55 Å². The van der Waals surface area contributed by atoms with Crippen LogP contribution in [-0.4, -0.2) is 28.0 Å². The second-order valence-corrected chi connectivity index (χ2v) is 9.20. The van der Waals surface area contributed by atoms with Gasteiger partial charge in [0, 0.05) is 9.75 Å². The number of hydrogen-bond donors (Lipinski definition) is 1. The van der Waals surface area contributed by atoms with Crippen LogP contribution in [-0.2, 0) is 16.1 Å². The first-order valence-electron chi connectivity index (χ1n) is 9.19. The Morgan fingerprint density at radius 3 is 2.38 bits per heavy atom. The van der Waals surface area contributed by atoms with E-state index < -0.39 is 11.9 Å². The molecule has 0 aliphatic heterocycles. The minimum Gasteiger partial charge on any atom is -0.462 e. The molecule has 0 aliphatic rings. The van der Waals surface area contributed by atoms with Crippen LogP contribution in [0.25, 0.3) is 10.2 Å². The molecule has 0 unspecified atom stereocenters. The van der Waals surface area contributed by atoms with E-state index in [-0.39, 0.29) is 18.7 Å². The molecular formula is C20H23N3O4S2. The molecule has 29 heavy (non-hydrogen) atoms. The van der Waals surface area contributed by atoms with Gasteiger partial charge in [0.25, 0.3) is 5.56 Å². The minimum atomic E-state index is -0.467. The van der Waals surface area contributed by atoms with Gasteiger partial charge in [0.2, 0.25) is 5.91 Å².